The molecule has 0 aliphatic heterocycles. The van der Waals surface area contributed by atoms with E-state index >= 15 is 0 Å². The number of carboxylic acids is 1. The lowest BCUT2D eigenvalue weighted by Crippen LogP contribution is -2.05. The van der Waals surface area contributed by atoms with Crippen LogP contribution in [-0.2, 0) is 0 Å². The Bertz CT molecular complexity index is 745. The average molecular weight is 337 g/mol. The minimum atomic E-state index is -1.41. The number of nitro benzene ring substituents is 1. The molecule has 1 heterocycles. The lowest BCUT2D eigenvalue weighted by atomic mass is 10.2. The van der Waals surface area contributed by atoms with Gasteiger partial charge >= 0.3 is 5.97 Å². The van der Waals surface area contributed by atoms with Crippen LogP contribution in [0, 0.1) is 10.1 Å². The van der Waals surface area contributed by atoms with Crippen molar-refractivity contribution in [1.82, 2.24) is 9.97 Å². The van der Waals surface area contributed by atoms with Crippen molar-refractivity contribution >= 4 is 23.4 Å². The molecule has 0 bridgehead atoms. The molecule has 0 fully saturated rings. The van der Waals surface area contributed by atoms with Gasteiger partial charge in [0.1, 0.15) is 0 Å². The monoisotopic (exact) mass is 337 g/mol. The lowest BCUT2D eigenvalue weighted by molar-refractivity contribution is -0.385. The van der Waals surface area contributed by atoms with Gasteiger partial charge in [-0.25, -0.2) is 4.79 Å². The summed E-state index contributed by atoms with van der Waals surface area (Å²) in [6, 6.07) is 5.41. The first-order valence-electron chi connectivity index (χ1n) is 6.12. The fraction of sp³-hybridized carbons (Fsp3) is 0.154. The molecular weight excluding hydrogens is 326 g/mol. The number of hydrogen-bond acceptors (Lipinski definition) is 8. The van der Waals surface area contributed by atoms with E-state index in [4.69, 9.17) is 9.47 Å². The summed E-state index contributed by atoms with van der Waals surface area (Å²) < 4.78 is 10.0. The molecule has 0 atom stereocenters. The summed E-state index contributed by atoms with van der Waals surface area (Å²) in [6.45, 7) is 0. The van der Waals surface area contributed by atoms with Gasteiger partial charge < -0.3 is 14.6 Å². The topological polar surface area (TPSA) is 125 Å². The standard InChI is InChI=1S/C13H11N3O6S/c1-21-9-6-10(22-2)15-13(14-9)23-8-5-3-4-7(16(19)20)11(8)12(17)18/h3-6H,1-2H3,(H,17,18). The zero-order valence-corrected chi connectivity index (χ0v) is 12.9. The number of nitro groups is 1. The molecule has 0 aliphatic carbocycles. The van der Waals surface area contributed by atoms with Gasteiger partial charge in [0.15, 0.2) is 10.7 Å². The molecule has 23 heavy (non-hydrogen) atoms. The predicted molar refractivity (Wildman–Crippen MR) is 79.3 cm³/mol. The van der Waals surface area contributed by atoms with E-state index in [0.29, 0.717) is 0 Å². The molecule has 1 N–H and O–H groups in total. The summed E-state index contributed by atoms with van der Waals surface area (Å²) in [6.07, 6.45) is 0. The van der Waals surface area contributed by atoms with Crippen molar-refractivity contribution in [2.24, 2.45) is 0 Å². The van der Waals surface area contributed by atoms with Crippen molar-refractivity contribution in [3.8, 4) is 11.8 Å². The van der Waals surface area contributed by atoms with E-state index in [1.165, 1.54) is 32.4 Å². The van der Waals surface area contributed by atoms with Crippen LogP contribution in [0.4, 0.5) is 5.69 Å². The zero-order chi connectivity index (χ0) is 17.0. The first-order valence-corrected chi connectivity index (χ1v) is 6.93. The highest BCUT2D eigenvalue weighted by molar-refractivity contribution is 7.99. The number of rotatable bonds is 6. The van der Waals surface area contributed by atoms with Crippen LogP contribution in [0.25, 0.3) is 0 Å². The van der Waals surface area contributed by atoms with Gasteiger partial charge in [-0.3, -0.25) is 10.1 Å². The number of aromatic carboxylic acids is 1. The second-order valence-electron chi connectivity index (χ2n) is 4.05. The van der Waals surface area contributed by atoms with Crippen LogP contribution in [0.2, 0.25) is 0 Å². The van der Waals surface area contributed by atoms with Crippen LogP contribution in [0.3, 0.4) is 0 Å². The summed E-state index contributed by atoms with van der Waals surface area (Å²) in [7, 11) is 2.82. The summed E-state index contributed by atoms with van der Waals surface area (Å²) in [5.74, 6) is -0.960. The third-order valence-corrected chi connectivity index (χ3v) is 3.62. The highest BCUT2D eigenvalue weighted by Crippen LogP contribution is 2.34. The molecule has 10 heteroatoms. The van der Waals surface area contributed by atoms with Crippen molar-refractivity contribution in [1.29, 1.82) is 0 Å². The Morgan fingerprint density at radius 2 is 1.87 bits per heavy atom. The summed E-state index contributed by atoms with van der Waals surface area (Å²) in [4.78, 5) is 29.9. The Hall–Kier alpha value is -2.88. The van der Waals surface area contributed by atoms with Gasteiger partial charge in [-0.15, -0.1) is 0 Å². The molecular formula is C13H11N3O6S. The first-order chi connectivity index (χ1) is 11.0. The van der Waals surface area contributed by atoms with E-state index in [1.807, 2.05) is 0 Å². The maximum absolute atomic E-state index is 11.4. The average Bonchev–Trinajstić information content (AvgIpc) is 2.53. The van der Waals surface area contributed by atoms with Gasteiger partial charge in [-0.2, -0.15) is 9.97 Å². The number of methoxy groups -OCH3 is 2. The largest absolute Gasteiger partial charge is 0.481 e. The van der Waals surface area contributed by atoms with Gasteiger partial charge in [-0.05, 0) is 17.8 Å². The summed E-state index contributed by atoms with van der Waals surface area (Å²) in [5, 5.41) is 20.4. The fourth-order valence-electron chi connectivity index (χ4n) is 1.71. The summed E-state index contributed by atoms with van der Waals surface area (Å²) in [5.41, 5.74) is -0.926. The third kappa shape index (κ3) is 3.66. The molecule has 0 radical (unpaired) electrons. The van der Waals surface area contributed by atoms with Crippen molar-refractivity contribution in [3.05, 3.63) is 39.9 Å². The van der Waals surface area contributed by atoms with Crippen LogP contribution in [0.1, 0.15) is 10.4 Å². The highest BCUT2D eigenvalue weighted by Gasteiger charge is 2.24. The van der Waals surface area contributed by atoms with Gasteiger partial charge in [0.25, 0.3) is 5.69 Å². The number of ether oxygens (including phenoxy) is 2. The fourth-order valence-corrected chi connectivity index (χ4v) is 2.62. The number of nitrogens with zero attached hydrogens (tertiary/aromatic N) is 3. The van der Waals surface area contributed by atoms with Crippen LogP contribution >= 0.6 is 11.8 Å². The SMILES string of the molecule is COc1cc(OC)nc(Sc2cccc([N+](=O)[O-])c2C(=O)O)n1. The van der Waals surface area contributed by atoms with E-state index < -0.39 is 22.1 Å². The Morgan fingerprint density at radius 3 is 2.35 bits per heavy atom. The number of carboxylic acid groups (broad SMARTS) is 1. The number of benzene rings is 1. The molecule has 0 spiro atoms. The Balaban J connectivity index is 2.50. The van der Waals surface area contributed by atoms with Gasteiger partial charge in [0, 0.05) is 11.0 Å². The predicted octanol–water partition coefficient (Wildman–Crippen LogP) is 2.25. The molecule has 0 amide bonds. The molecule has 1 aromatic carbocycles. The highest BCUT2D eigenvalue weighted by atomic mass is 32.2. The minimum absolute atomic E-state index is 0.141. The number of hydrogen-bond donors (Lipinski definition) is 1. The van der Waals surface area contributed by atoms with Crippen LogP contribution in [-0.4, -0.2) is 40.2 Å². The maximum atomic E-state index is 11.4. The molecule has 0 unspecified atom stereocenters. The van der Waals surface area contributed by atoms with E-state index in [0.717, 1.165) is 17.8 Å². The quantitative estimate of drug-likeness (QED) is 0.480. The molecule has 2 rings (SSSR count). The second kappa shape index (κ2) is 6.92. The van der Waals surface area contributed by atoms with Gasteiger partial charge in [0.05, 0.1) is 25.2 Å². The van der Waals surface area contributed by atoms with Crippen LogP contribution < -0.4 is 9.47 Å². The molecule has 120 valence electrons. The number of aromatic nitrogens is 2. The lowest BCUT2D eigenvalue weighted by Gasteiger charge is -2.08. The van der Waals surface area contributed by atoms with E-state index in [9.17, 15) is 20.0 Å². The Kier molecular flexibility index (Phi) is 4.96. The maximum Gasteiger partial charge on any atom is 0.343 e. The van der Waals surface area contributed by atoms with Crippen LogP contribution in [0.5, 0.6) is 11.8 Å². The molecule has 1 aromatic heterocycles. The molecule has 0 saturated heterocycles. The van der Waals surface area contributed by atoms with E-state index in [2.05, 4.69) is 9.97 Å². The van der Waals surface area contributed by atoms with Crippen molar-refractivity contribution in [3.63, 3.8) is 0 Å². The van der Waals surface area contributed by atoms with E-state index in [-0.39, 0.29) is 21.8 Å². The van der Waals surface area contributed by atoms with E-state index in [1.54, 1.807) is 0 Å². The van der Waals surface area contributed by atoms with Crippen molar-refractivity contribution in [2.45, 2.75) is 10.1 Å². The van der Waals surface area contributed by atoms with Crippen molar-refractivity contribution in [2.75, 3.05) is 14.2 Å². The van der Waals surface area contributed by atoms with Crippen LogP contribution in [0.15, 0.2) is 34.3 Å². The summed E-state index contributed by atoms with van der Waals surface area (Å²) >= 11 is 0.866. The Morgan fingerprint density at radius 1 is 1.26 bits per heavy atom. The van der Waals surface area contributed by atoms with Gasteiger partial charge in [0.2, 0.25) is 11.8 Å². The number of carbonyl (C=O) groups is 1. The molecule has 9 nitrogen and oxygen atoms in total. The molecule has 0 saturated carbocycles. The molecule has 2 aromatic rings. The zero-order valence-electron chi connectivity index (χ0n) is 12.0. The smallest absolute Gasteiger partial charge is 0.343 e. The molecule has 0 aliphatic rings. The van der Waals surface area contributed by atoms with Gasteiger partial charge in [-0.1, -0.05) is 6.07 Å². The first kappa shape index (κ1) is 16.5. The normalized spacial score (nSPS) is 10.2. The van der Waals surface area contributed by atoms with Crippen molar-refractivity contribution < 1.29 is 24.3 Å². The third-order valence-electron chi connectivity index (χ3n) is 2.69. The Labute approximate surface area is 134 Å². The minimum Gasteiger partial charge on any atom is -0.481 e. The second-order valence-corrected chi connectivity index (χ2v) is 5.06.